The van der Waals surface area contributed by atoms with Crippen LogP contribution in [0, 0.1) is 5.41 Å². The molecular weight excluding hydrogens is 216 g/mol. The Morgan fingerprint density at radius 2 is 1.44 bits per heavy atom. The lowest BCUT2D eigenvalue weighted by Gasteiger charge is -2.35. The molecule has 1 saturated heterocycles. The van der Waals surface area contributed by atoms with E-state index >= 15 is 0 Å². The molecule has 0 saturated carbocycles. The summed E-state index contributed by atoms with van der Waals surface area (Å²) in [6.45, 7) is 2.91. The Morgan fingerprint density at radius 1 is 0.938 bits per heavy atom. The number of methoxy groups -OCH3 is 2. The Hall–Kier alpha value is -0.240. The molecule has 0 N–H and O–H groups in total. The van der Waals surface area contributed by atoms with E-state index in [9.17, 15) is 0 Å². The summed E-state index contributed by atoms with van der Waals surface area (Å²) in [5.41, 5.74) is -0.269. The SMILES string of the molecule is COCOCC1(COCOC)COCOC1. The Balaban J connectivity index is 2.33. The molecule has 1 rings (SSSR count). The summed E-state index contributed by atoms with van der Waals surface area (Å²) in [5.74, 6) is 0. The smallest absolute Gasteiger partial charge is 0.146 e. The van der Waals surface area contributed by atoms with Crippen molar-refractivity contribution in [3.63, 3.8) is 0 Å². The summed E-state index contributed by atoms with van der Waals surface area (Å²) < 4.78 is 30.9. The van der Waals surface area contributed by atoms with Gasteiger partial charge < -0.3 is 28.4 Å². The fraction of sp³-hybridized carbons (Fsp3) is 1.00. The van der Waals surface area contributed by atoms with Crippen LogP contribution in [0.3, 0.4) is 0 Å². The highest BCUT2D eigenvalue weighted by atomic mass is 16.7. The van der Waals surface area contributed by atoms with E-state index < -0.39 is 0 Å². The van der Waals surface area contributed by atoms with Gasteiger partial charge in [-0.3, -0.25) is 0 Å². The van der Waals surface area contributed by atoms with Crippen molar-refractivity contribution in [3.05, 3.63) is 0 Å². The normalized spacial score (nSPS) is 19.9. The maximum atomic E-state index is 5.35. The molecule has 0 aromatic heterocycles. The Morgan fingerprint density at radius 3 is 1.88 bits per heavy atom. The van der Waals surface area contributed by atoms with Gasteiger partial charge in [0.15, 0.2) is 0 Å². The second-order valence-corrected chi connectivity index (χ2v) is 3.82. The van der Waals surface area contributed by atoms with Gasteiger partial charge in [0.2, 0.25) is 0 Å². The van der Waals surface area contributed by atoms with Gasteiger partial charge >= 0.3 is 0 Å². The van der Waals surface area contributed by atoms with Gasteiger partial charge in [-0.05, 0) is 0 Å². The first-order valence-corrected chi connectivity index (χ1v) is 5.12. The molecule has 0 aromatic carbocycles. The van der Waals surface area contributed by atoms with Crippen LogP contribution in [-0.2, 0) is 28.4 Å². The van der Waals surface area contributed by atoms with E-state index in [1.54, 1.807) is 14.2 Å². The van der Waals surface area contributed by atoms with Crippen LogP contribution in [0.25, 0.3) is 0 Å². The van der Waals surface area contributed by atoms with Crippen molar-refractivity contribution < 1.29 is 28.4 Å². The molecule has 96 valence electrons. The van der Waals surface area contributed by atoms with Gasteiger partial charge in [-0.25, -0.2) is 0 Å². The number of rotatable bonds is 8. The molecule has 0 spiro atoms. The second kappa shape index (κ2) is 7.94. The molecule has 0 aliphatic carbocycles. The largest absolute Gasteiger partial charge is 0.359 e. The molecule has 1 heterocycles. The third kappa shape index (κ3) is 4.73. The van der Waals surface area contributed by atoms with Crippen LogP contribution in [0.15, 0.2) is 0 Å². The summed E-state index contributed by atoms with van der Waals surface area (Å²) in [6, 6.07) is 0. The maximum absolute atomic E-state index is 5.35. The summed E-state index contributed by atoms with van der Waals surface area (Å²) in [5, 5.41) is 0. The van der Waals surface area contributed by atoms with Gasteiger partial charge in [0, 0.05) is 14.2 Å². The Bertz CT molecular complexity index is 157. The standard InChI is InChI=1S/C10H20O6/c1-11-7-13-3-10(4-14-8-12-2)5-15-9-16-6-10/h3-9H2,1-2H3. The van der Waals surface area contributed by atoms with Crippen molar-refractivity contribution in [2.45, 2.75) is 0 Å². The van der Waals surface area contributed by atoms with E-state index in [2.05, 4.69) is 0 Å². The Kier molecular flexibility index (Phi) is 6.86. The lowest BCUT2D eigenvalue weighted by Crippen LogP contribution is -2.45. The predicted molar refractivity (Wildman–Crippen MR) is 54.9 cm³/mol. The summed E-state index contributed by atoms with van der Waals surface area (Å²) in [7, 11) is 3.17. The van der Waals surface area contributed by atoms with Gasteiger partial charge in [0.05, 0.1) is 31.8 Å². The summed E-state index contributed by atoms with van der Waals surface area (Å²) in [6.07, 6.45) is 0. The number of hydrogen-bond acceptors (Lipinski definition) is 6. The molecule has 1 aliphatic heterocycles. The van der Waals surface area contributed by atoms with Crippen LogP contribution >= 0.6 is 0 Å². The third-order valence-electron chi connectivity index (χ3n) is 2.20. The van der Waals surface area contributed by atoms with E-state index in [4.69, 9.17) is 28.4 Å². The average molecular weight is 236 g/mol. The van der Waals surface area contributed by atoms with Crippen molar-refractivity contribution in [2.75, 3.05) is 61.0 Å². The van der Waals surface area contributed by atoms with Gasteiger partial charge in [0.25, 0.3) is 0 Å². The first kappa shape index (κ1) is 13.8. The first-order chi connectivity index (χ1) is 7.83. The zero-order valence-electron chi connectivity index (χ0n) is 9.90. The molecule has 16 heavy (non-hydrogen) atoms. The maximum Gasteiger partial charge on any atom is 0.146 e. The molecule has 0 radical (unpaired) electrons. The lowest BCUT2D eigenvalue weighted by atomic mass is 9.92. The topological polar surface area (TPSA) is 55.4 Å². The predicted octanol–water partition coefficient (Wildman–Crippen LogP) is 0.218. The van der Waals surface area contributed by atoms with Crippen molar-refractivity contribution >= 4 is 0 Å². The van der Waals surface area contributed by atoms with E-state index in [0.717, 1.165) is 0 Å². The lowest BCUT2D eigenvalue weighted by molar-refractivity contribution is -0.213. The first-order valence-electron chi connectivity index (χ1n) is 5.12. The minimum absolute atomic E-state index is 0.256. The Labute approximate surface area is 95.7 Å². The highest BCUT2D eigenvalue weighted by Crippen LogP contribution is 2.23. The third-order valence-corrected chi connectivity index (χ3v) is 2.20. The zero-order valence-corrected chi connectivity index (χ0v) is 9.90. The molecule has 6 heteroatoms. The van der Waals surface area contributed by atoms with Gasteiger partial charge in [-0.15, -0.1) is 0 Å². The van der Waals surface area contributed by atoms with Crippen LogP contribution in [0.4, 0.5) is 0 Å². The van der Waals surface area contributed by atoms with Crippen molar-refractivity contribution in [1.29, 1.82) is 0 Å². The molecule has 0 atom stereocenters. The minimum atomic E-state index is -0.269. The highest BCUT2D eigenvalue weighted by molar-refractivity contribution is 4.80. The molecule has 1 fully saturated rings. The van der Waals surface area contributed by atoms with Crippen LogP contribution in [0.1, 0.15) is 0 Å². The van der Waals surface area contributed by atoms with Gasteiger partial charge in [-0.2, -0.15) is 0 Å². The van der Waals surface area contributed by atoms with Gasteiger partial charge in [-0.1, -0.05) is 0 Å². The molecule has 0 unspecified atom stereocenters. The molecular formula is C10H20O6. The van der Waals surface area contributed by atoms with Crippen molar-refractivity contribution in [2.24, 2.45) is 5.41 Å². The monoisotopic (exact) mass is 236 g/mol. The van der Waals surface area contributed by atoms with Crippen molar-refractivity contribution in [3.8, 4) is 0 Å². The fourth-order valence-electron chi connectivity index (χ4n) is 1.51. The van der Waals surface area contributed by atoms with E-state index in [0.29, 0.717) is 33.2 Å². The van der Waals surface area contributed by atoms with E-state index in [1.807, 2.05) is 0 Å². The number of hydrogen-bond donors (Lipinski definition) is 0. The highest BCUT2D eigenvalue weighted by Gasteiger charge is 2.34. The fourth-order valence-corrected chi connectivity index (χ4v) is 1.51. The molecule has 0 bridgehead atoms. The van der Waals surface area contributed by atoms with Crippen LogP contribution < -0.4 is 0 Å². The molecule has 6 nitrogen and oxygen atoms in total. The average Bonchev–Trinajstić information content (AvgIpc) is 2.31. The van der Waals surface area contributed by atoms with Gasteiger partial charge in [0.1, 0.15) is 20.4 Å². The summed E-state index contributed by atoms with van der Waals surface area (Å²) in [4.78, 5) is 0. The quantitative estimate of drug-likeness (QED) is 0.444. The molecule has 0 amide bonds. The van der Waals surface area contributed by atoms with Crippen LogP contribution in [0.2, 0.25) is 0 Å². The summed E-state index contributed by atoms with van der Waals surface area (Å²) >= 11 is 0. The van der Waals surface area contributed by atoms with Crippen LogP contribution in [-0.4, -0.2) is 61.0 Å². The van der Waals surface area contributed by atoms with E-state index in [-0.39, 0.29) is 19.0 Å². The number of ether oxygens (including phenoxy) is 6. The second-order valence-electron chi connectivity index (χ2n) is 3.82. The molecule has 1 aliphatic rings. The van der Waals surface area contributed by atoms with Crippen molar-refractivity contribution in [1.82, 2.24) is 0 Å². The van der Waals surface area contributed by atoms with E-state index in [1.165, 1.54) is 0 Å². The molecule has 0 aromatic rings. The zero-order chi connectivity index (χ0) is 11.7. The minimum Gasteiger partial charge on any atom is -0.359 e. The van der Waals surface area contributed by atoms with Crippen LogP contribution in [0.5, 0.6) is 0 Å².